The Morgan fingerprint density at radius 2 is 1.65 bits per heavy atom. The number of benzene rings is 3. The molecule has 2 N–H and O–H groups in total. The maximum absolute atomic E-state index is 12.8. The van der Waals surface area contributed by atoms with Gasteiger partial charge in [-0.2, -0.15) is 0 Å². The molecule has 1 fully saturated rings. The van der Waals surface area contributed by atoms with Gasteiger partial charge in [-0.25, -0.2) is 5.01 Å². The van der Waals surface area contributed by atoms with Gasteiger partial charge in [0.25, 0.3) is 17.7 Å². The van der Waals surface area contributed by atoms with Crippen molar-refractivity contribution in [3.8, 4) is 11.5 Å². The van der Waals surface area contributed by atoms with E-state index in [2.05, 4.69) is 10.7 Å². The van der Waals surface area contributed by atoms with Gasteiger partial charge in [0.15, 0.2) is 18.1 Å². The van der Waals surface area contributed by atoms with E-state index in [1.807, 2.05) is 31.2 Å². The second-order valence-electron chi connectivity index (χ2n) is 7.32. The zero-order valence-electron chi connectivity index (χ0n) is 18.5. The van der Waals surface area contributed by atoms with E-state index in [1.54, 1.807) is 54.6 Å². The van der Waals surface area contributed by atoms with Crippen LogP contribution in [0.5, 0.6) is 11.5 Å². The minimum Gasteiger partial charge on any atom is -0.490 e. The average molecular weight is 457 g/mol. The van der Waals surface area contributed by atoms with Crippen LogP contribution < -0.4 is 25.2 Å². The van der Waals surface area contributed by atoms with Gasteiger partial charge in [0.1, 0.15) is 5.57 Å². The fourth-order valence-electron chi connectivity index (χ4n) is 3.35. The Kier molecular flexibility index (Phi) is 6.88. The molecule has 34 heavy (non-hydrogen) atoms. The van der Waals surface area contributed by atoms with E-state index in [0.29, 0.717) is 35.0 Å². The standard InChI is InChI=1S/C26H23N3O5/c1-2-33-23-16-18(13-14-22(23)34-17-24(30)27-19-9-5-3-6-10-19)15-21-25(31)28-29(26(21)32)20-11-7-4-8-12-20/h3-16H,2,17H2,1H3,(H,27,30)(H,28,31). The van der Waals surface area contributed by atoms with E-state index < -0.39 is 11.8 Å². The lowest BCUT2D eigenvalue weighted by atomic mass is 10.1. The first kappa shape index (κ1) is 22.6. The van der Waals surface area contributed by atoms with Crippen molar-refractivity contribution in [2.75, 3.05) is 23.5 Å². The Labute approximate surface area is 196 Å². The molecule has 0 spiro atoms. The van der Waals surface area contributed by atoms with Crippen LogP contribution in [0.2, 0.25) is 0 Å². The molecule has 0 unspecified atom stereocenters. The van der Waals surface area contributed by atoms with Crippen molar-refractivity contribution in [2.45, 2.75) is 6.92 Å². The summed E-state index contributed by atoms with van der Waals surface area (Å²) in [5.41, 5.74) is 4.39. The van der Waals surface area contributed by atoms with Gasteiger partial charge in [-0.15, -0.1) is 0 Å². The van der Waals surface area contributed by atoms with Gasteiger partial charge in [0, 0.05) is 5.69 Å². The molecule has 8 heteroatoms. The highest BCUT2D eigenvalue weighted by Crippen LogP contribution is 2.30. The fraction of sp³-hybridized carbons (Fsp3) is 0.115. The van der Waals surface area contributed by atoms with Crippen molar-refractivity contribution in [3.63, 3.8) is 0 Å². The molecule has 0 radical (unpaired) electrons. The third kappa shape index (κ3) is 5.24. The van der Waals surface area contributed by atoms with Crippen LogP contribution in [0.1, 0.15) is 12.5 Å². The Morgan fingerprint density at radius 3 is 2.35 bits per heavy atom. The molecular formula is C26H23N3O5. The number of ether oxygens (including phenoxy) is 2. The summed E-state index contributed by atoms with van der Waals surface area (Å²) in [4.78, 5) is 37.4. The molecule has 3 aromatic carbocycles. The first-order valence-corrected chi connectivity index (χ1v) is 10.7. The number of anilines is 2. The first-order valence-electron chi connectivity index (χ1n) is 10.7. The Morgan fingerprint density at radius 1 is 0.941 bits per heavy atom. The highest BCUT2D eigenvalue weighted by molar-refractivity contribution is 6.31. The van der Waals surface area contributed by atoms with Gasteiger partial charge in [0.05, 0.1) is 12.3 Å². The number of hydrogen-bond acceptors (Lipinski definition) is 5. The molecule has 4 rings (SSSR count). The molecule has 172 valence electrons. The van der Waals surface area contributed by atoms with Crippen molar-refractivity contribution in [3.05, 3.63) is 90.0 Å². The summed E-state index contributed by atoms with van der Waals surface area (Å²) >= 11 is 0. The molecule has 1 heterocycles. The van der Waals surface area contributed by atoms with Crippen molar-refractivity contribution in [1.29, 1.82) is 0 Å². The number of hydrogen-bond donors (Lipinski definition) is 2. The monoisotopic (exact) mass is 457 g/mol. The lowest BCUT2D eigenvalue weighted by molar-refractivity contribution is -0.118. The molecule has 1 aliphatic heterocycles. The number of nitrogens with one attached hydrogen (secondary N) is 2. The molecule has 0 saturated carbocycles. The van der Waals surface area contributed by atoms with Gasteiger partial charge >= 0.3 is 0 Å². The van der Waals surface area contributed by atoms with Crippen molar-refractivity contribution in [2.24, 2.45) is 0 Å². The van der Waals surface area contributed by atoms with Crippen LogP contribution in [-0.4, -0.2) is 30.9 Å². The van der Waals surface area contributed by atoms with Crippen LogP contribution in [0.15, 0.2) is 84.4 Å². The smallest absolute Gasteiger partial charge is 0.282 e. The molecule has 1 aliphatic rings. The Hall–Kier alpha value is -4.59. The summed E-state index contributed by atoms with van der Waals surface area (Å²) in [5, 5.41) is 3.96. The predicted octanol–water partition coefficient (Wildman–Crippen LogP) is 3.56. The van der Waals surface area contributed by atoms with Gasteiger partial charge in [0.2, 0.25) is 0 Å². The molecular weight excluding hydrogens is 434 g/mol. The molecule has 0 atom stereocenters. The number of carbonyl (C=O) groups excluding carboxylic acids is 3. The summed E-state index contributed by atoms with van der Waals surface area (Å²) in [6, 6.07) is 22.9. The number of hydrazine groups is 1. The van der Waals surface area contributed by atoms with Gasteiger partial charge in [-0.3, -0.25) is 19.8 Å². The molecule has 0 aromatic heterocycles. The largest absolute Gasteiger partial charge is 0.490 e. The number of nitrogens with zero attached hydrogens (tertiary/aromatic N) is 1. The van der Waals surface area contributed by atoms with Crippen molar-refractivity contribution >= 4 is 35.2 Å². The van der Waals surface area contributed by atoms with E-state index in [-0.39, 0.29) is 18.1 Å². The second-order valence-corrected chi connectivity index (χ2v) is 7.32. The second kappa shape index (κ2) is 10.4. The molecule has 3 amide bonds. The zero-order chi connectivity index (χ0) is 23.9. The normalized spacial score (nSPS) is 14.1. The Balaban J connectivity index is 1.48. The molecule has 3 aromatic rings. The number of rotatable bonds is 8. The lowest BCUT2D eigenvalue weighted by Gasteiger charge is -2.14. The predicted molar refractivity (Wildman–Crippen MR) is 128 cm³/mol. The minimum absolute atomic E-state index is 0.00205. The summed E-state index contributed by atoms with van der Waals surface area (Å²) in [7, 11) is 0. The summed E-state index contributed by atoms with van der Waals surface area (Å²) in [6.07, 6.45) is 1.50. The third-order valence-electron chi connectivity index (χ3n) is 4.90. The van der Waals surface area contributed by atoms with Crippen LogP contribution in [0.25, 0.3) is 6.08 Å². The van der Waals surface area contributed by atoms with Gasteiger partial charge in [-0.05, 0) is 55.0 Å². The Bertz CT molecular complexity index is 1230. The van der Waals surface area contributed by atoms with Crippen molar-refractivity contribution in [1.82, 2.24) is 5.43 Å². The highest BCUT2D eigenvalue weighted by atomic mass is 16.5. The van der Waals surface area contributed by atoms with Crippen LogP contribution in [0.4, 0.5) is 11.4 Å². The maximum Gasteiger partial charge on any atom is 0.282 e. The van der Waals surface area contributed by atoms with Gasteiger partial charge < -0.3 is 14.8 Å². The minimum atomic E-state index is -0.496. The number of para-hydroxylation sites is 2. The van der Waals surface area contributed by atoms with E-state index in [1.165, 1.54) is 11.1 Å². The summed E-state index contributed by atoms with van der Waals surface area (Å²) in [5.74, 6) is -0.485. The third-order valence-corrected chi connectivity index (χ3v) is 4.90. The number of amides is 3. The quantitative estimate of drug-likeness (QED) is 0.398. The van der Waals surface area contributed by atoms with Crippen LogP contribution in [-0.2, 0) is 14.4 Å². The maximum atomic E-state index is 12.8. The highest BCUT2D eigenvalue weighted by Gasteiger charge is 2.34. The van der Waals surface area contributed by atoms with E-state index >= 15 is 0 Å². The van der Waals surface area contributed by atoms with E-state index in [9.17, 15) is 14.4 Å². The summed E-state index contributed by atoms with van der Waals surface area (Å²) < 4.78 is 11.3. The molecule has 0 aliphatic carbocycles. The van der Waals surface area contributed by atoms with E-state index in [0.717, 1.165) is 0 Å². The average Bonchev–Trinajstić information content (AvgIpc) is 3.13. The zero-order valence-corrected chi connectivity index (χ0v) is 18.5. The van der Waals surface area contributed by atoms with Crippen LogP contribution >= 0.6 is 0 Å². The lowest BCUT2D eigenvalue weighted by Crippen LogP contribution is -2.35. The SMILES string of the molecule is CCOc1cc(C=C2C(=O)NN(c3ccccc3)C2=O)ccc1OCC(=O)Nc1ccccc1. The topological polar surface area (TPSA) is 97.0 Å². The molecule has 8 nitrogen and oxygen atoms in total. The fourth-order valence-corrected chi connectivity index (χ4v) is 3.35. The van der Waals surface area contributed by atoms with Crippen LogP contribution in [0, 0.1) is 0 Å². The van der Waals surface area contributed by atoms with Gasteiger partial charge in [-0.1, -0.05) is 42.5 Å². The van der Waals surface area contributed by atoms with E-state index in [4.69, 9.17) is 9.47 Å². The molecule has 1 saturated heterocycles. The van der Waals surface area contributed by atoms with Crippen LogP contribution in [0.3, 0.4) is 0 Å². The molecule has 0 bridgehead atoms. The summed E-state index contributed by atoms with van der Waals surface area (Å²) in [6.45, 7) is 1.98. The number of carbonyl (C=O) groups is 3. The van der Waals surface area contributed by atoms with Crippen molar-refractivity contribution < 1.29 is 23.9 Å². The first-order chi connectivity index (χ1) is 16.5.